The van der Waals surface area contributed by atoms with E-state index in [0.29, 0.717) is 23.2 Å². The second kappa shape index (κ2) is 5.34. The average Bonchev–Trinajstić information content (AvgIpc) is 2.25. The van der Waals surface area contributed by atoms with Crippen molar-refractivity contribution in [3.63, 3.8) is 0 Å². The van der Waals surface area contributed by atoms with E-state index in [4.69, 9.17) is 17.3 Å². The van der Waals surface area contributed by atoms with Crippen molar-refractivity contribution in [2.75, 3.05) is 6.54 Å². The number of likely N-dealkylation sites (tertiary alicyclic amines) is 1. The van der Waals surface area contributed by atoms with Crippen molar-refractivity contribution in [3.05, 3.63) is 34.6 Å². The largest absolute Gasteiger partial charge is 0.328 e. The lowest BCUT2D eigenvalue weighted by Crippen LogP contribution is -2.45. The standard InChI is InChI=1S/C13H18ClFN2/c1-9-6-12(16)4-5-17(9)8-10-2-3-11(14)7-13(10)15/h2-3,7,9,12H,4-6,8,16H2,1H3. The highest BCUT2D eigenvalue weighted by molar-refractivity contribution is 6.30. The smallest absolute Gasteiger partial charge is 0.129 e. The van der Waals surface area contributed by atoms with Crippen LogP contribution in [0.25, 0.3) is 0 Å². The quantitative estimate of drug-likeness (QED) is 0.882. The Morgan fingerprint density at radius 1 is 1.53 bits per heavy atom. The number of rotatable bonds is 2. The van der Waals surface area contributed by atoms with E-state index in [1.54, 1.807) is 12.1 Å². The second-order valence-electron chi connectivity index (χ2n) is 4.84. The van der Waals surface area contributed by atoms with Gasteiger partial charge in [-0.3, -0.25) is 4.90 Å². The van der Waals surface area contributed by atoms with Crippen LogP contribution < -0.4 is 5.73 Å². The monoisotopic (exact) mass is 256 g/mol. The van der Waals surface area contributed by atoms with E-state index < -0.39 is 0 Å². The van der Waals surface area contributed by atoms with Gasteiger partial charge in [0.25, 0.3) is 0 Å². The molecular weight excluding hydrogens is 239 g/mol. The second-order valence-corrected chi connectivity index (χ2v) is 5.28. The van der Waals surface area contributed by atoms with E-state index in [0.717, 1.165) is 19.4 Å². The van der Waals surface area contributed by atoms with E-state index in [2.05, 4.69) is 11.8 Å². The molecule has 17 heavy (non-hydrogen) atoms. The van der Waals surface area contributed by atoms with Crippen LogP contribution in [0, 0.1) is 5.82 Å². The summed E-state index contributed by atoms with van der Waals surface area (Å²) in [6, 6.07) is 5.57. The maximum Gasteiger partial charge on any atom is 0.129 e. The molecule has 1 aliphatic rings. The number of nitrogens with two attached hydrogens (primary N) is 1. The van der Waals surface area contributed by atoms with Gasteiger partial charge in [0.05, 0.1) is 0 Å². The van der Waals surface area contributed by atoms with E-state index in [9.17, 15) is 4.39 Å². The molecule has 0 amide bonds. The van der Waals surface area contributed by atoms with Crippen LogP contribution in [0.5, 0.6) is 0 Å². The van der Waals surface area contributed by atoms with Crippen molar-refractivity contribution in [1.82, 2.24) is 4.90 Å². The normalized spacial score (nSPS) is 26.1. The zero-order chi connectivity index (χ0) is 12.4. The summed E-state index contributed by atoms with van der Waals surface area (Å²) >= 11 is 5.74. The van der Waals surface area contributed by atoms with Crippen molar-refractivity contribution in [2.24, 2.45) is 5.73 Å². The van der Waals surface area contributed by atoms with E-state index in [-0.39, 0.29) is 11.9 Å². The Kier molecular flexibility index (Phi) is 4.02. The Bertz CT molecular complexity index is 397. The number of halogens is 2. The molecule has 0 spiro atoms. The SMILES string of the molecule is CC1CC(N)CCN1Cc1ccc(Cl)cc1F. The third-order valence-electron chi connectivity index (χ3n) is 3.44. The topological polar surface area (TPSA) is 29.3 Å². The maximum absolute atomic E-state index is 13.7. The molecule has 0 radical (unpaired) electrons. The van der Waals surface area contributed by atoms with Gasteiger partial charge in [-0.25, -0.2) is 4.39 Å². The van der Waals surface area contributed by atoms with Gasteiger partial charge >= 0.3 is 0 Å². The summed E-state index contributed by atoms with van der Waals surface area (Å²) in [7, 11) is 0. The van der Waals surface area contributed by atoms with Crippen LogP contribution in [0.3, 0.4) is 0 Å². The summed E-state index contributed by atoms with van der Waals surface area (Å²) in [5.74, 6) is -0.223. The fourth-order valence-corrected chi connectivity index (χ4v) is 2.52. The Balaban J connectivity index is 2.05. The van der Waals surface area contributed by atoms with E-state index in [1.165, 1.54) is 6.07 Å². The van der Waals surface area contributed by atoms with E-state index >= 15 is 0 Å². The van der Waals surface area contributed by atoms with Gasteiger partial charge in [0.2, 0.25) is 0 Å². The summed E-state index contributed by atoms with van der Waals surface area (Å²) in [6.45, 7) is 3.72. The van der Waals surface area contributed by atoms with Crippen molar-refractivity contribution >= 4 is 11.6 Å². The predicted molar refractivity (Wildman–Crippen MR) is 68.5 cm³/mol. The number of benzene rings is 1. The highest BCUT2D eigenvalue weighted by atomic mass is 35.5. The molecule has 94 valence electrons. The predicted octanol–water partition coefficient (Wildman–Crippen LogP) is 2.79. The number of piperidine rings is 1. The summed E-state index contributed by atoms with van der Waals surface area (Å²) in [5, 5.41) is 0.444. The Morgan fingerprint density at radius 3 is 2.94 bits per heavy atom. The van der Waals surface area contributed by atoms with Gasteiger partial charge in [-0.15, -0.1) is 0 Å². The van der Waals surface area contributed by atoms with Gasteiger partial charge in [-0.2, -0.15) is 0 Å². The molecule has 4 heteroatoms. The van der Waals surface area contributed by atoms with Crippen LogP contribution >= 0.6 is 11.6 Å². The first-order valence-electron chi connectivity index (χ1n) is 6.00. The third-order valence-corrected chi connectivity index (χ3v) is 3.68. The molecule has 0 aromatic heterocycles. The van der Waals surface area contributed by atoms with E-state index in [1.807, 2.05) is 0 Å². The van der Waals surface area contributed by atoms with Crippen LogP contribution in [0.15, 0.2) is 18.2 Å². The molecule has 2 rings (SSSR count). The summed E-state index contributed by atoms with van der Waals surface area (Å²) < 4.78 is 13.7. The van der Waals surface area contributed by atoms with Crippen LogP contribution in [-0.4, -0.2) is 23.5 Å². The molecule has 0 aliphatic carbocycles. The summed E-state index contributed by atoms with van der Waals surface area (Å²) in [4.78, 5) is 2.27. The zero-order valence-electron chi connectivity index (χ0n) is 10.00. The first kappa shape index (κ1) is 12.8. The maximum atomic E-state index is 13.7. The van der Waals surface area contributed by atoms with Crippen molar-refractivity contribution in [3.8, 4) is 0 Å². The van der Waals surface area contributed by atoms with Gasteiger partial charge < -0.3 is 5.73 Å². The summed E-state index contributed by atoms with van der Waals surface area (Å²) in [6.07, 6.45) is 1.97. The lowest BCUT2D eigenvalue weighted by molar-refractivity contribution is 0.138. The van der Waals surface area contributed by atoms with Gasteiger partial charge in [0.15, 0.2) is 0 Å². The Morgan fingerprint density at radius 2 is 2.29 bits per heavy atom. The minimum atomic E-state index is -0.223. The van der Waals surface area contributed by atoms with Crippen LogP contribution in [0.4, 0.5) is 4.39 Å². The molecule has 2 N–H and O–H groups in total. The Labute approximate surface area is 107 Å². The van der Waals surface area contributed by atoms with Crippen molar-refractivity contribution < 1.29 is 4.39 Å². The average molecular weight is 257 g/mol. The molecule has 1 heterocycles. The van der Waals surface area contributed by atoms with Crippen LogP contribution in [-0.2, 0) is 6.54 Å². The van der Waals surface area contributed by atoms with Crippen molar-refractivity contribution in [2.45, 2.75) is 38.4 Å². The molecule has 1 fully saturated rings. The third kappa shape index (κ3) is 3.18. The lowest BCUT2D eigenvalue weighted by Gasteiger charge is -2.36. The molecule has 1 saturated heterocycles. The first-order valence-corrected chi connectivity index (χ1v) is 6.37. The first-order chi connectivity index (χ1) is 8.06. The fourth-order valence-electron chi connectivity index (χ4n) is 2.36. The Hall–Kier alpha value is -0.640. The lowest BCUT2D eigenvalue weighted by atomic mass is 9.98. The molecule has 1 aliphatic heterocycles. The van der Waals surface area contributed by atoms with Gasteiger partial charge in [0, 0.05) is 35.8 Å². The molecular formula is C13H18ClFN2. The zero-order valence-corrected chi connectivity index (χ0v) is 10.8. The minimum Gasteiger partial charge on any atom is -0.328 e. The fraction of sp³-hybridized carbons (Fsp3) is 0.538. The molecule has 1 aromatic carbocycles. The van der Waals surface area contributed by atoms with Gasteiger partial charge in [-0.05, 0) is 31.9 Å². The van der Waals surface area contributed by atoms with Crippen molar-refractivity contribution in [1.29, 1.82) is 0 Å². The highest BCUT2D eigenvalue weighted by Crippen LogP contribution is 2.21. The molecule has 1 aromatic rings. The molecule has 2 unspecified atom stereocenters. The molecule has 0 saturated carbocycles. The van der Waals surface area contributed by atoms with Gasteiger partial charge in [-0.1, -0.05) is 17.7 Å². The van der Waals surface area contributed by atoms with Crippen LogP contribution in [0.1, 0.15) is 25.3 Å². The van der Waals surface area contributed by atoms with Gasteiger partial charge in [0.1, 0.15) is 5.82 Å². The molecule has 0 bridgehead atoms. The highest BCUT2D eigenvalue weighted by Gasteiger charge is 2.23. The molecule has 2 nitrogen and oxygen atoms in total. The van der Waals surface area contributed by atoms with Crippen LogP contribution in [0.2, 0.25) is 5.02 Å². The number of nitrogens with zero attached hydrogens (tertiary/aromatic N) is 1. The summed E-state index contributed by atoms with van der Waals surface area (Å²) in [5.41, 5.74) is 6.62. The number of hydrogen-bond donors (Lipinski definition) is 1. The molecule has 2 atom stereocenters. The minimum absolute atomic E-state index is 0.223. The number of hydrogen-bond acceptors (Lipinski definition) is 2.